The molecule has 0 bridgehead atoms. The Balaban J connectivity index is 2.91. The molecule has 1 fully saturated rings. The number of hydrogen-bond acceptors (Lipinski definition) is 5. The van der Waals surface area contributed by atoms with Crippen molar-refractivity contribution in [2.75, 3.05) is 61.0 Å². The molecule has 0 aliphatic carbocycles. The van der Waals surface area contributed by atoms with Crippen LogP contribution in [0.25, 0.3) is 0 Å². The van der Waals surface area contributed by atoms with Crippen LogP contribution in [0.15, 0.2) is 0 Å². The lowest BCUT2D eigenvalue weighted by atomic mass is 9.96. The molecule has 1 rings (SSSR count). The summed E-state index contributed by atoms with van der Waals surface area (Å²) in [5, 5.41) is 0. The summed E-state index contributed by atoms with van der Waals surface area (Å²) in [6.07, 6.45) is 1.36. The summed E-state index contributed by atoms with van der Waals surface area (Å²) in [6.45, 7) is 14.1. The van der Waals surface area contributed by atoms with Crippen molar-refractivity contribution >= 4 is 18.2 Å². The lowest BCUT2D eigenvalue weighted by Gasteiger charge is -2.47. The standard InChI is InChI=1S/C17H41N3O2Si2/c1-17(2,3)16(20-10-9-15-23-20)24(8,21-13-11-18(4)5)22-14-12-19(6)7/h16H,9-15,23H2,1-8H3. The van der Waals surface area contributed by atoms with E-state index in [1.807, 2.05) is 0 Å². The molecule has 24 heavy (non-hydrogen) atoms. The zero-order chi connectivity index (χ0) is 18.4. The van der Waals surface area contributed by atoms with Crippen LogP contribution >= 0.6 is 0 Å². The summed E-state index contributed by atoms with van der Waals surface area (Å²) in [5.74, 6) is 0. The molecule has 1 aliphatic heterocycles. The van der Waals surface area contributed by atoms with E-state index in [2.05, 4.69) is 69.9 Å². The molecule has 0 amide bonds. The largest absolute Gasteiger partial charge is 0.392 e. The summed E-state index contributed by atoms with van der Waals surface area (Å²) in [4.78, 5) is 4.37. The summed E-state index contributed by atoms with van der Waals surface area (Å²) in [5.41, 5.74) is 0.637. The highest BCUT2D eigenvalue weighted by atomic mass is 28.4. The van der Waals surface area contributed by atoms with E-state index in [1.54, 1.807) is 0 Å². The van der Waals surface area contributed by atoms with Crippen molar-refractivity contribution in [1.29, 1.82) is 0 Å². The lowest BCUT2D eigenvalue weighted by molar-refractivity contribution is 0.102. The molecule has 7 heteroatoms. The van der Waals surface area contributed by atoms with Gasteiger partial charge in [-0.1, -0.05) is 20.8 Å². The van der Waals surface area contributed by atoms with Crippen molar-refractivity contribution in [2.45, 2.75) is 45.4 Å². The van der Waals surface area contributed by atoms with E-state index in [-0.39, 0.29) is 15.1 Å². The molecular formula is C17H41N3O2Si2. The van der Waals surface area contributed by atoms with Gasteiger partial charge < -0.3 is 23.2 Å². The molecule has 0 N–H and O–H groups in total. The van der Waals surface area contributed by atoms with E-state index >= 15 is 0 Å². The minimum absolute atomic E-state index is 0.140. The third kappa shape index (κ3) is 7.23. The summed E-state index contributed by atoms with van der Waals surface area (Å²) in [6, 6.07) is 1.44. The molecule has 1 atom stereocenters. The van der Waals surface area contributed by atoms with Crippen molar-refractivity contribution in [1.82, 2.24) is 14.4 Å². The molecule has 1 unspecified atom stereocenters. The van der Waals surface area contributed by atoms with Crippen molar-refractivity contribution in [3.63, 3.8) is 0 Å². The van der Waals surface area contributed by atoms with Crippen molar-refractivity contribution in [3.8, 4) is 0 Å². The Morgan fingerprint density at radius 1 is 1.04 bits per heavy atom. The molecule has 0 aromatic carbocycles. The van der Waals surface area contributed by atoms with Crippen LogP contribution in [0.2, 0.25) is 12.6 Å². The zero-order valence-electron chi connectivity index (χ0n) is 17.4. The topological polar surface area (TPSA) is 28.2 Å². The predicted molar refractivity (Wildman–Crippen MR) is 109 cm³/mol. The monoisotopic (exact) mass is 375 g/mol. The molecule has 0 aromatic rings. The smallest absolute Gasteiger partial charge is 0.352 e. The number of likely N-dealkylation sites (N-methyl/N-ethyl adjacent to an activating group) is 2. The van der Waals surface area contributed by atoms with Gasteiger partial charge in [0, 0.05) is 26.3 Å². The average Bonchev–Trinajstić information content (AvgIpc) is 2.89. The quantitative estimate of drug-likeness (QED) is 0.538. The van der Waals surface area contributed by atoms with Gasteiger partial charge in [0.1, 0.15) is 0 Å². The van der Waals surface area contributed by atoms with Crippen LogP contribution in [0, 0.1) is 5.41 Å². The minimum Gasteiger partial charge on any atom is -0.392 e. The molecule has 0 aromatic heterocycles. The Bertz CT molecular complexity index is 342. The highest BCUT2D eigenvalue weighted by Crippen LogP contribution is 2.34. The van der Waals surface area contributed by atoms with E-state index in [9.17, 15) is 0 Å². The Hall–Kier alpha value is 0.234. The van der Waals surface area contributed by atoms with Gasteiger partial charge in [0.05, 0.1) is 15.3 Å². The molecule has 0 saturated carbocycles. The zero-order valence-corrected chi connectivity index (χ0v) is 19.8. The maximum atomic E-state index is 6.56. The second kappa shape index (κ2) is 9.80. The fourth-order valence-electron chi connectivity index (χ4n) is 3.73. The highest BCUT2D eigenvalue weighted by molar-refractivity contribution is 6.68. The maximum absolute atomic E-state index is 6.56. The number of rotatable bonds is 10. The van der Waals surface area contributed by atoms with Gasteiger partial charge in [-0.05, 0) is 59.2 Å². The summed E-state index contributed by atoms with van der Waals surface area (Å²) < 4.78 is 15.9. The maximum Gasteiger partial charge on any atom is 0.352 e. The Morgan fingerprint density at radius 3 is 1.88 bits per heavy atom. The van der Waals surface area contributed by atoms with Gasteiger partial charge in [0.25, 0.3) is 0 Å². The molecule has 1 saturated heterocycles. The van der Waals surface area contributed by atoms with Gasteiger partial charge in [-0.2, -0.15) is 0 Å². The highest BCUT2D eigenvalue weighted by Gasteiger charge is 2.50. The number of nitrogens with zero attached hydrogens (tertiary/aromatic N) is 3. The molecular weight excluding hydrogens is 334 g/mol. The van der Waals surface area contributed by atoms with E-state index in [4.69, 9.17) is 8.85 Å². The van der Waals surface area contributed by atoms with Crippen LogP contribution in [-0.4, -0.2) is 99.3 Å². The van der Waals surface area contributed by atoms with Crippen molar-refractivity contribution in [2.24, 2.45) is 5.41 Å². The van der Waals surface area contributed by atoms with Crippen LogP contribution in [0.5, 0.6) is 0 Å². The molecule has 1 aliphatic rings. The van der Waals surface area contributed by atoms with Crippen LogP contribution in [0.3, 0.4) is 0 Å². The molecule has 0 radical (unpaired) electrons. The lowest BCUT2D eigenvalue weighted by Crippen LogP contribution is -2.64. The van der Waals surface area contributed by atoms with Gasteiger partial charge in [0.2, 0.25) is 0 Å². The summed E-state index contributed by atoms with van der Waals surface area (Å²) >= 11 is 0. The van der Waals surface area contributed by atoms with Gasteiger partial charge in [0.15, 0.2) is 0 Å². The van der Waals surface area contributed by atoms with Gasteiger partial charge >= 0.3 is 8.56 Å². The molecule has 144 valence electrons. The fourth-order valence-corrected chi connectivity index (χ4v) is 11.0. The Kier molecular flexibility index (Phi) is 9.10. The average molecular weight is 376 g/mol. The first-order valence-electron chi connectivity index (χ1n) is 9.37. The molecule has 0 spiro atoms. The molecule has 1 heterocycles. The SMILES string of the molecule is CN(C)CCO[Si](C)(OCCN(C)C)C(N1CCC[SiH2]1)C(C)(C)C. The van der Waals surface area contributed by atoms with E-state index in [0.29, 0.717) is 5.67 Å². The summed E-state index contributed by atoms with van der Waals surface area (Å²) in [7, 11) is 5.96. The number of hydrogen-bond donors (Lipinski definition) is 0. The second-order valence-electron chi connectivity index (χ2n) is 8.83. The van der Waals surface area contributed by atoms with E-state index in [0.717, 1.165) is 26.3 Å². The third-order valence-electron chi connectivity index (χ3n) is 4.68. The van der Waals surface area contributed by atoms with Crippen LogP contribution < -0.4 is 0 Å². The Labute approximate surface area is 153 Å². The first-order chi connectivity index (χ1) is 11.1. The van der Waals surface area contributed by atoms with Crippen LogP contribution in [0.4, 0.5) is 0 Å². The minimum atomic E-state index is -2.31. The van der Waals surface area contributed by atoms with E-state index < -0.39 is 8.56 Å². The van der Waals surface area contributed by atoms with Gasteiger partial charge in [-0.15, -0.1) is 0 Å². The van der Waals surface area contributed by atoms with Crippen molar-refractivity contribution < 1.29 is 8.85 Å². The van der Waals surface area contributed by atoms with Crippen LogP contribution in [-0.2, 0) is 8.85 Å². The first kappa shape index (κ1) is 22.3. The first-order valence-corrected chi connectivity index (χ1v) is 13.4. The predicted octanol–water partition coefficient (Wildman–Crippen LogP) is 1.38. The third-order valence-corrected chi connectivity index (χ3v) is 10.9. The second-order valence-corrected chi connectivity index (χ2v) is 14.0. The molecule has 5 nitrogen and oxygen atoms in total. The normalized spacial score (nSPS) is 19.8. The van der Waals surface area contributed by atoms with Crippen LogP contribution in [0.1, 0.15) is 27.2 Å². The fraction of sp³-hybridized carbons (Fsp3) is 1.00. The Morgan fingerprint density at radius 2 is 1.54 bits per heavy atom. The van der Waals surface area contributed by atoms with E-state index in [1.165, 1.54) is 19.0 Å². The van der Waals surface area contributed by atoms with Gasteiger partial charge in [-0.3, -0.25) is 0 Å². The van der Waals surface area contributed by atoms with Gasteiger partial charge in [-0.25, -0.2) is 0 Å². The van der Waals surface area contributed by atoms with Crippen molar-refractivity contribution in [3.05, 3.63) is 0 Å².